The number of halogens is 1. The zero-order valence-electron chi connectivity index (χ0n) is 14.7. The van der Waals surface area contributed by atoms with E-state index in [1.165, 1.54) is 12.3 Å². The number of ketones is 1. The molecule has 1 aromatic carbocycles. The summed E-state index contributed by atoms with van der Waals surface area (Å²) in [5.74, 6) is 0.368. The molecule has 2 aromatic rings. The van der Waals surface area contributed by atoms with E-state index in [0.29, 0.717) is 17.8 Å². The molecular formula is C21H21FN2O. The smallest absolute Gasteiger partial charge is 0.162 e. The minimum atomic E-state index is -0.708. The normalized spacial score (nSPS) is 24.4. The third-order valence-electron chi connectivity index (χ3n) is 5.39. The van der Waals surface area contributed by atoms with E-state index in [-0.39, 0.29) is 11.2 Å². The lowest BCUT2D eigenvalue weighted by molar-refractivity contribution is -0.118. The van der Waals surface area contributed by atoms with Gasteiger partial charge in [-0.25, -0.2) is 9.37 Å². The van der Waals surface area contributed by atoms with Crippen molar-refractivity contribution in [2.75, 3.05) is 5.32 Å². The Morgan fingerprint density at radius 3 is 2.56 bits per heavy atom. The molecule has 1 atom stereocenters. The Labute approximate surface area is 147 Å². The Hall–Kier alpha value is -2.49. The fourth-order valence-corrected chi connectivity index (χ4v) is 4.28. The van der Waals surface area contributed by atoms with Gasteiger partial charge in [0, 0.05) is 23.3 Å². The summed E-state index contributed by atoms with van der Waals surface area (Å²) in [6.45, 7) is 6.21. The van der Waals surface area contributed by atoms with Crippen molar-refractivity contribution < 1.29 is 9.18 Å². The molecule has 0 amide bonds. The van der Waals surface area contributed by atoms with Gasteiger partial charge in [-0.05, 0) is 30.4 Å². The first-order chi connectivity index (χ1) is 11.8. The fourth-order valence-electron chi connectivity index (χ4n) is 4.28. The molecule has 128 valence electrons. The summed E-state index contributed by atoms with van der Waals surface area (Å²) in [7, 11) is 0. The van der Waals surface area contributed by atoms with E-state index in [1.807, 2.05) is 37.3 Å². The van der Waals surface area contributed by atoms with Gasteiger partial charge in [-0.2, -0.15) is 0 Å². The van der Waals surface area contributed by atoms with Crippen LogP contribution >= 0.6 is 0 Å². The minimum absolute atomic E-state index is 0.0992. The largest absolute Gasteiger partial charge is 0.343 e. The summed E-state index contributed by atoms with van der Waals surface area (Å²) >= 11 is 0. The molecule has 2 aliphatic rings. The molecule has 1 aliphatic heterocycles. The van der Waals surface area contributed by atoms with Crippen molar-refractivity contribution in [1.82, 2.24) is 4.98 Å². The molecule has 4 heteroatoms. The second-order valence-corrected chi connectivity index (χ2v) is 7.96. The first-order valence-electron chi connectivity index (χ1n) is 8.57. The number of pyridine rings is 1. The van der Waals surface area contributed by atoms with Gasteiger partial charge in [-0.15, -0.1) is 0 Å². The summed E-state index contributed by atoms with van der Waals surface area (Å²) in [6, 6.07) is 11.3. The lowest BCUT2D eigenvalue weighted by Crippen LogP contribution is -2.42. The van der Waals surface area contributed by atoms with Crippen LogP contribution in [0.5, 0.6) is 0 Å². The predicted molar refractivity (Wildman–Crippen MR) is 95.8 cm³/mol. The number of benzene rings is 1. The van der Waals surface area contributed by atoms with E-state index in [9.17, 15) is 9.18 Å². The number of Topliss-reactive ketones (excluding diaryl/α,β-unsaturated/α-hetero) is 1. The first kappa shape index (κ1) is 16.0. The summed E-state index contributed by atoms with van der Waals surface area (Å²) in [6.07, 6.45) is 2.49. The average Bonchev–Trinajstić information content (AvgIpc) is 2.55. The molecule has 0 saturated carbocycles. The molecule has 0 radical (unpaired) electrons. The van der Waals surface area contributed by atoms with Crippen LogP contribution in [0, 0.1) is 11.2 Å². The Balaban J connectivity index is 2.03. The zero-order chi connectivity index (χ0) is 17.8. The van der Waals surface area contributed by atoms with Crippen molar-refractivity contribution in [1.29, 1.82) is 0 Å². The third kappa shape index (κ3) is 2.39. The molecule has 25 heavy (non-hydrogen) atoms. The SMILES string of the molecule is CC1(C)CC(=O)C2=C(C1)Nc1ncc(F)cc1[C@@]2(C)c1ccccc1. The van der Waals surface area contributed by atoms with E-state index in [1.54, 1.807) is 0 Å². The summed E-state index contributed by atoms with van der Waals surface area (Å²) in [4.78, 5) is 17.4. The molecule has 0 fully saturated rings. The number of aromatic nitrogens is 1. The number of rotatable bonds is 1. The zero-order valence-corrected chi connectivity index (χ0v) is 14.7. The van der Waals surface area contributed by atoms with Crippen molar-refractivity contribution >= 4 is 11.6 Å². The Morgan fingerprint density at radius 1 is 1.12 bits per heavy atom. The van der Waals surface area contributed by atoms with Gasteiger partial charge < -0.3 is 5.32 Å². The van der Waals surface area contributed by atoms with Crippen LogP contribution in [0.15, 0.2) is 53.9 Å². The predicted octanol–water partition coefficient (Wildman–Crippen LogP) is 4.60. The highest BCUT2D eigenvalue weighted by atomic mass is 19.1. The van der Waals surface area contributed by atoms with Crippen molar-refractivity contribution in [2.45, 2.75) is 39.0 Å². The molecule has 1 aliphatic carbocycles. The van der Waals surface area contributed by atoms with Crippen LogP contribution in [0.1, 0.15) is 44.7 Å². The third-order valence-corrected chi connectivity index (χ3v) is 5.39. The lowest BCUT2D eigenvalue weighted by atomic mass is 9.62. The molecular weight excluding hydrogens is 315 g/mol. The van der Waals surface area contributed by atoms with Crippen molar-refractivity contribution in [2.24, 2.45) is 5.41 Å². The Kier molecular flexibility index (Phi) is 3.36. The van der Waals surface area contributed by atoms with Gasteiger partial charge in [-0.3, -0.25) is 4.79 Å². The molecule has 0 saturated heterocycles. The molecule has 1 aromatic heterocycles. The summed E-state index contributed by atoms with van der Waals surface area (Å²) < 4.78 is 14.0. The number of hydrogen-bond donors (Lipinski definition) is 1. The van der Waals surface area contributed by atoms with Gasteiger partial charge in [-0.1, -0.05) is 44.2 Å². The lowest BCUT2D eigenvalue weighted by Gasteiger charge is -2.44. The second-order valence-electron chi connectivity index (χ2n) is 7.96. The fraction of sp³-hybridized carbons (Fsp3) is 0.333. The highest BCUT2D eigenvalue weighted by Crippen LogP contribution is 2.51. The maximum absolute atomic E-state index is 14.0. The van der Waals surface area contributed by atoms with E-state index < -0.39 is 11.2 Å². The number of nitrogens with zero attached hydrogens (tertiary/aromatic N) is 1. The number of allylic oxidation sites excluding steroid dienone is 2. The maximum Gasteiger partial charge on any atom is 0.162 e. The van der Waals surface area contributed by atoms with Crippen LogP contribution in [-0.2, 0) is 10.2 Å². The number of carbonyl (C=O) groups is 1. The molecule has 0 unspecified atom stereocenters. The molecule has 3 nitrogen and oxygen atoms in total. The van der Waals surface area contributed by atoms with Crippen LogP contribution in [0.4, 0.5) is 10.2 Å². The molecule has 4 rings (SSSR count). The van der Waals surface area contributed by atoms with Gasteiger partial charge in [0.1, 0.15) is 11.6 Å². The second kappa shape index (κ2) is 5.25. The summed E-state index contributed by atoms with van der Waals surface area (Å²) in [5.41, 5.74) is 2.55. The summed E-state index contributed by atoms with van der Waals surface area (Å²) in [5, 5.41) is 3.32. The number of anilines is 1. The number of fused-ring (bicyclic) bond motifs is 1. The van der Waals surface area contributed by atoms with E-state index in [4.69, 9.17) is 0 Å². The van der Waals surface area contributed by atoms with Gasteiger partial charge >= 0.3 is 0 Å². The molecule has 1 N–H and O–H groups in total. The molecule has 0 bridgehead atoms. The van der Waals surface area contributed by atoms with Crippen molar-refractivity contribution in [3.05, 3.63) is 70.8 Å². The highest BCUT2D eigenvalue weighted by Gasteiger charge is 2.47. The monoisotopic (exact) mass is 336 g/mol. The van der Waals surface area contributed by atoms with Gasteiger partial charge in [0.15, 0.2) is 5.78 Å². The van der Waals surface area contributed by atoms with Crippen LogP contribution < -0.4 is 5.32 Å². The topological polar surface area (TPSA) is 42.0 Å². The average molecular weight is 336 g/mol. The molecule has 2 heterocycles. The first-order valence-corrected chi connectivity index (χ1v) is 8.57. The van der Waals surface area contributed by atoms with Crippen molar-refractivity contribution in [3.8, 4) is 0 Å². The van der Waals surface area contributed by atoms with Crippen LogP contribution in [-0.4, -0.2) is 10.8 Å². The number of hydrogen-bond acceptors (Lipinski definition) is 3. The van der Waals surface area contributed by atoms with Crippen LogP contribution in [0.2, 0.25) is 0 Å². The quantitative estimate of drug-likeness (QED) is 0.828. The number of carbonyl (C=O) groups excluding carboxylic acids is 1. The molecule has 0 spiro atoms. The van der Waals surface area contributed by atoms with E-state index in [0.717, 1.165) is 23.3 Å². The van der Waals surface area contributed by atoms with E-state index >= 15 is 0 Å². The van der Waals surface area contributed by atoms with Gasteiger partial charge in [0.25, 0.3) is 0 Å². The maximum atomic E-state index is 14.0. The van der Waals surface area contributed by atoms with Crippen molar-refractivity contribution in [3.63, 3.8) is 0 Å². The minimum Gasteiger partial charge on any atom is -0.343 e. The van der Waals surface area contributed by atoms with Gasteiger partial charge in [0.2, 0.25) is 0 Å². The standard InChI is InChI=1S/C21H21FN2O/c1-20(2)10-16-18(17(25)11-20)21(3,13-7-5-4-6-8-13)15-9-14(22)12-23-19(15)24-16/h4-9,12H,10-11H2,1-3H3,(H,23,24)/t21-/m1/s1. The van der Waals surface area contributed by atoms with Crippen LogP contribution in [0.3, 0.4) is 0 Å². The number of nitrogens with one attached hydrogen (secondary N) is 1. The van der Waals surface area contributed by atoms with Crippen LogP contribution in [0.25, 0.3) is 0 Å². The Morgan fingerprint density at radius 2 is 1.84 bits per heavy atom. The Bertz CT molecular complexity index is 901. The highest BCUT2D eigenvalue weighted by molar-refractivity contribution is 6.02. The van der Waals surface area contributed by atoms with E-state index in [2.05, 4.69) is 24.1 Å². The van der Waals surface area contributed by atoms with Gasteiger partial charge in [0.05, 0.1) is 11.6 Å².